The summed E-state index contributed by atoms with van der Waals surface area (Å²) >= 11 is 0. The summed E-state index contributed by atoms with van der Waals surface area (Å²) in [5.41, 5.74) is -0.0861. The fraction of sp³-hybridized carbons (Fsp3) is 0.533. The lowest BCUT2D eigenvalue weighted by Gasteiger charge is -2.24. The molecule has 1 aromatic rings. The molecule has 3 rings (SSSR count). The van der Waals surface area contributed by atoms with E-state index in [0.29, 0.717) is 12.0 Å². The number of hydrogen-bond acceptors (Lipinski definition) is 5. The average molecular weight is 305 g/mol. The van der Waals surface area contributed by atoms with Crippen molar-refractivity contribution in [1.82, 2.24) is 5.32 Å². The summed E-state index contributed by atoms with van der Waals surface area (Å²) in [6.45, 7) is 0. The average Bonchev–Trinajstić information content (AvgIpc) is 2.93. The number of fused-ring (bicyclic) bond motifs is 1. The van der Waals surface area contributed by atoms with Crippen molar-refractivity contribution in [3.8, 4) is 5.75 Å². The van der Waals surface area contributed by atoms with E-state index >= 15 is 0 Å². The van der Waals surface area contributed by atoms with Gasteiger partial charge < -0.3 is 15.7 Å². The summed E-state index contributed by atoms with van der Waals surface area (Å²) in [7, 11) is 0. The van der Waals surface area contributed by atoms with Gasteiger partial charge in [-0.15, -0.1) is 0 Å². The predicted molar refractivity (Wildman–Crippen MR) is 80.7 cm³/mol. The first-order chi connectivity index (χ1) is 10.5. The zero-order chi connectivity index (χ0) is 15.7. The summed E-state index contributed by atoms with van der Waals surface area (Å²) in [4.78, 5) is 22.6. The Morgan fingerprint density at radius 1 is 1.36 bits per heavy atom. The fourth-order valence-corrected chi connectivity index (χ4v) is 3.48. The van der Waals surface area contributed by atoms with Crippen LogP contribution >= 0.6 is 0 Å². The van der Waals surface area contributed by atoms with Crippen molar-refractivity contribution in [3.05, 3.63) is 28.3 Å². The zero-order valence-electron chi connectivity index (χ0n) is 12.1. The number of aromatic hydroxyl groups is 1. The third-order valence-electron chi connectivity index (χ3n) is 4.63. The van der Waals surface area contributed by atoms with E-state index in [2.05, 4.69) is 10.6 Å². The number of carbonyl (C=O) groups is 1. The maximum absolute atomic E-state index is 12.3. The molecule has 7 heteroatoms. The van der Waals surface area contributed by atoms with Gasteiger partial charge in [0, 0.05) is 18.2 Å². The molecule has 3 N–H and O–H groups in total. The summed E-state index contributed by atoms with van der Waals surface area (Å²) in [5, 5.41) is 26.5. The Bertz CT molecular complexity index is 590. The van der Waals surface area contributed by atoms with Crippen molar-refractivity contribution in [3.63, 3.8) is 0 Å². The van der Waals surface area contributed by atoms with Crippen LogP contribution in [0.25, 0.3) is 0 Å². The van der Waals surface area contributed by atoms with Gasteiger partial charge >= 0.3 is 0 Å². The Balaban J connectivity index is 1.69. The van der Waals surface area contributed by atoms with Crippen molar-refractivity contribution in [2.75, 3.05) is 5.32 Å². The van der Waals surface area contributed by atoms with Gasteiger partial charge in [-0.1, -0.05) is 12.8 Å². The highest BCUT2D eigenvalue weighted by atomic mass is 16.6. The molecule has 22 heavy (non-hydrogen) atoms. The molecular weight excluding hydrogens is 286 g/mol. The highest BCUT2D eigenvalue weighted by Gasteiger charge is 2.38. The second-order valence-electron chi connectivity index (χ2n) is 6.05. The largest absolute Gasteiger partial charge is 0.506 e. The van der Waals surface area contributed by atoms with Crippen molar-refractivity contribution in [2.45, 2.75) is 44.2 Å². The molecule has 1 aliphatic carbocycles. The molecule has 2 fully saturated rings. The van der Waals surface area contributed by atoms with Gasteiger partial charge in [0.2, 0.25) is 5.91 Å². The molecule has 3 atom stereocenters. The number of nitrogens with one attached hydrogen (secondary N) is 2. The van der Waals surface area contributed by atoms with Gasteiger partial charge in [-0.3, -0.25) is 14.9 Å². The minimum atomic E-state index is -0.558. The number of non-ortho nitro benzene ring substituents is 1. The lowest BCUT2D eigenvalue weighted by atomic mass is 9.85. The van der Waals surface area contributed by atoms with Gasteiger partial charge in [0.05, 0.1) is 16.7 Å². The van der Waals surface area contributed by atoms with E-state index in [1.54, 1.807) is 0 Å². The first-order valence-electron chi connectivity index (χ1n) is 7.59. The third kappa shape index (κ3) is 2.89. The van der Waals surface area contributed by atoms with E-state index in [4.69, 9.17) is 0 Å². The maximum Gasteiger partial charge on any atom is 0.271 e. The van der Waals surface area contributed by atoms with Crippen molar-refractivity contribution < 1.29 is 14.8 Å². The Labute approximate surface area is 127 Å². The van der Waals surface area contributed by atoms with Crippen LogP contribution in [-0.2, 0) is 4.79 Å². The van der Waals surface area contributed by atoms with Crippen LogP contribution in [0, 0.1) is 16.0 Å². The monoisotopic (exact) mass is 305 g/mol. The van der Waals surface area contributed by atoms with Gasteiger partial charge in [0.1, 0.15) is 5.75 Å². The number of nitro benzene ring substituents is 1. The predicted octanol–water partition coefficient (Wildman–Crippen LogP) is 2.16. The minimum Gasteiger partial charge on any atom is -0.506 e. The molecule has 1 saturated carbocycles. The second kappa shape index (κ2) is 5.92. The smallest absolute Gasteiger partial charge is 0.271 e. The van der Waals surface area contributed by atoms with E-state index in [1.807, 2.05) is 0 Å². The minimum absolute atomic E-state index is 0.0795. The van der Waals surface area contributed by atoms with Crippen LogP contribution in [0.3, 0.4) is 0 Å². The Morgan fingerprint density at radius 2 is 2.14 bits per heavy atom. The number of hydrogen-bond donors (Lipinski definition) is 3. The molecule has 1 amide bonds. The number of carbonyl (C=O) groups excluding carboxylic acids is 1. The summed E-state index contributed by atoms with van der Waals surface area (Å²) in [5.74, 6) is 0.114. The van der Waals surface area contributed by atoms with Crippen LogP contribution in [0.15, 0.2) is 18.2 Å². The van der Waals surface area contributed by atoms with E-state index in [0.717, 1.165) is 19.3 Å². The van der Waals surface area contributed by atoms with E-state index in [-0.39, 0.29) is 29.1 Å². The number of benzene rings is 1. The lowest BCUT2D eigenvalue weighted by Crippen LogP contribution is -2.39. The molecule has 0 radical (unpaired) electrons. The van der Waals surface area contributed by atoms with E-state index in [1.165, 1.54) is 31.0 Å². The van der Waals surface area contributed by atoms with Crippen LogP contribution < -0.4 is 10.6 Å². The van der Waals surface area contributed by atoms with Gasteiger partial charge in [0.15, 0.2) is 0 Å². The number of rotatable bonds is 3. The first-order valence-corrected chi connectivity index (χ1v) is 7.59. The Morgan fingerprint density at radius 3 is 2.86 bits per heavy atom. The summed E-state index contributed by atoms with van der Waals surface area (Å²) in [6.07, 6.45) is 5.42. The van der Waals surface area contributed by atoms with Crippen molar-refractivity contribution in [2.24, 2.45) is 5.92 Å². The molecule has 0 spiro atoms. The molecule has 0 aromatic heterocycles. The number of phenolic OH excluding ortho intramolecular Hbond substituents is 1. The van der Waals surface area contributed by atoms with Gasteiger partial charge in [-0.2, -0.15) is 0 Å². The van der Waals surface area contributed by atoms with Crippen molar-refractivity contribution >= 4 is 17.3 Å². The molecular formula is C15H19N3O4. The number of phenols is 1. The zero-order valence-corrected chi connectivity index (χ0v) is 12.1. The van der Waals surface area contributed by atoms with Crippen LogP contribution in [-0.4, -0.2) is 28.0 Å². The molecule has 1 saturated heterocycles. The first kappa shape index (κ1) is 14.8. The molecule has 7 nitrogen and oxygen atoms in total. The third-order valence-corrected chi connectivity index (χ3v) is 4.63. The van der Waals surface area contributed by atoms with Gasteiger partial charge in [-0.25, -0.2) is 0 Å². The molecule has 3 unspecified atom stereocenters. The molecule has 2 aliphatic rings. The van der Waals surface area contributed by atoms with Crippen LogP contribution in [0.2, 0.25) is 0 Å². The second-order valence-corrected chi connectivity index (χ2v) is 6.05. The normalized spacial score (nSPS) is 27.2. The van der Waals surface area contributed by atoms with Crippen LogP contribution in [0.1, 0.15) is 32.1 Å². The highest BCUT2D eigenvalue weighted by Crippen LogP contribution is 2.34. The molecule has 1 heterocycles. The van der Waals surface area contributed by atoms with Gasteiger partial charge in [0.25, 0.3) is 5.69 Å². The molecule has 0 bridgehead atoms. The van der Waals surface area contributed by atoms with E-state index in [9.17, 15) is 20.0 Å². The van der Waals surface area contributed by atoms with Crippen LogP contribution in [0.5, 0.6) is 5.75 Å². The quantitative estimate of drug-likeness (QED) is 0.451. The summed E-state index contributed by atoms with van der Waals surface area (Å²) < 4.78 is 0. The fourth-order valence-electron chi connectivity index (χ4n) is 3.48. The number of anilines is 1. The van der Waals surface area contributed by atoms with Crippen LogP contribution in [0.4, 0.5) is 11.4 Å². The molecule has 1 aliphatic heterocycles. The van der Waals surface area contributed by atoms with Gasteiger partial charge in [-0.05, 0) is 31.2 Å². The Kier molecular flexibility index (Phi) is 3.98. The number of nitrogens with zero attached hydrogens (tertiary/aromatic N) is 1. The SMILES string of the molecule is O=C(Nc1cc([N+](=O)[O-])ccc1O)C1CC2CCCCC2N1. The lowest BCUT2D eigenvalue weighted by molar-refractivity contribution is -0.384. The molecule has 118 valence electrons. The Hall–Kier alpha value is -2.15. The van der Waals surface area contributed by atoms with Crippen molar-refractivity contribution in [1.29, 1.82) is 0 Å². The number of nitro groups is 1. The highest BCUT2D eigenvalue weighted by molar-refractivity contribution is 5.96. The van der Waals surface area contributed by atoms with E-state index < -0.39 is 4.92 Å². The standard InChI is InChI=1S/C15H19N3O4/c19-14-6-5-10(18(21)22)8-12(14)17-15(20)13-7-9-3-1-2-4-11(9)16-13/h5-6,8-9,11,13,16,19H,1-4,7H2,(H,17,20). The summed E-state index contributed by atoms with van der Waals surface area (Å²) in [6, 6.07) is 3.69. The molecule has 1 aromatic carbocycles. The maximum atomic E-state index is 12.3. The topological polar surface area (TPSA) is 104 Å². The number of amides is 1.